The second kappa shape index (κ2) is 10.5. The molecule has 1 aliphatic heterocycles. The summed E-state index contributed by atoms with van der Waals surface area (Å²) in [5.74, 6) is -0.467. The van der Waals surface area contributed by atoms with Crippen molar-refractivity contribution in [1.82, 2.24) is 9.80 Å². The second-order valence-corrected chi connectivity index (χ2v) is 7.62. The van der Waals surface area contributed by atoms with Crippen molar-refractivity contribution in [3.8, 4) is 5.75 Å². The lowest BCUT2D eigenvalue weighted by Crippen LogP contribution is -2.51. The molecule has 1 saturated heterocycles. The number of benzene rings is 2. The number of hydrogen-bond donors (Lipinski definition) is 1. The number of Topliss-reactive ketones (excluding diaryl/α,β-unsaturated/α-hetero) is 1. The quantitative estimate of drug-likeness (QED) is 0.639. The highest BCUT2D eigenvalue weighted by molar-refractivity contribution is 5.94. The van der Waals surface area contributed by atoms with Crippen LogP contribution in [0.25, 0.3) is 0 Å². The molecule has 7 nitrogen and oxygen atoms in total. The molecule has 0 saturated carbocycles. The number of ketones is 1. The van der Waals surface area contributed by atoms with E-state index >= 15 is 0 Å². The minimum Gasteiger partial charge on any atom is -0.484 e. The predicted octanol–water partition coefficient (Wildman–Crippen LogP) is 3.07. The Morgan fingerprint density at radius 1 is 1.00 bits per heavy atom. The van der Waals surface area contributed by atoms with Crippen LogP contribution in [0.3, 0.4) is 0 Å². The van der Waals surface area contributed by atoms with Crippen LogP contribution in [0.15, 0.2) is 48.5 Å². The first-order valence-electron chi connectivity index (χ1n) is 10.3. The Morgan fingerprint density at radius 2 is 1.70 bits per heavy atom. The predicted molar refractivity (Wildman–Crippen MR) is 115 cm³/mol. The first-order chi connectivity index (χ1) is 15.6. The van der Waals surface area contributed by atoms with Gasteiger partial charge in [-0.15, -0.1) is 0 Å². The fraction of sp³-hybridized carbons (Fsp3) is 0.348. The summed E-state index contributed by atoms with van der Waals surface area (Å²) in [5.41, 5.74) is -0.692. The van der Waals surface area contributed by atoms with Gasteiger partial charge in [-0.25, -0.2) is 0 Å². The molecule has 33 heavy (non-hydrogen) atoms. The van der Waals surface area contributed by atoms with Gasteiger partial charge in [-0.1, -0.05) is 24.3 Å². The summed E-state index contributed by atoms with van der Waals surface area (Å²) in [6.45, 7) is 2.71. The van der Waals surface area contributed by atoms with Crippen molar-refractivity contribution < 1.29 is 32.3 Å². The Morgan fingerprint density at radius 3 is 2.36 bits per heavy atom. The minimum absolute atomic E-state index is 0.0808. The van der Waals surface area contributed by atoms with E-state index in [0.29, 0.717) is 37.5 Å². The van der Waals surface area contributed by atoms with E-state index in [1.54, 1.807) is 34.1 Å². The van der Waals surface area contributed by atoms with Crippen molar-refractivity contribution in [2.24, 2.45) is 0 Å². The fourth-order valence-electron chi connectivity index (χ4n) is 3.43. The molecule has 0 spiro atoms. The van der Waals surface area contributed by atoms with Crippen LogP contribution in [0.1, 0.15) is 22.8 Å². The summed E-state index contributed by atoms with van der Waals surface area (Å²) in [6, 6.07) is 11.4. The number of carbonyl (C=O) groups excluding carboxylic acids is 3. The normalized spacial score (nSPS) is 14.6. The Balaban J connectivity index is 1.45. The van der Waals surface area contributed by atoms with E-state index in [1.165, 1.54) is 25.1 Å². The van der Waals surface area contributed by atoms with Crippen molar-refractivity contribution in [2.75, 3.05) is 44.6 Å². The van der Waals surface area contributed by atoms with Crippen LogP contribution >= 0.6 is 0 Å². The van der Waals surface area contributed by atoms with Gasteiger partial charge in [0.05, 0.1) is 17.8 Å². The van der Waals surface area contributed by atoms with Crippen LogP contribution in [0.4, 0.5) is 18.9 Å². The van der Waals surface area contributed by atoms with Gasteiger partial charge in [0.2, 0.25) is 5.91 Å². The maximum absolute atomic E-state index is 13.1. The van der Waals surface area contributed by atoms with Crippen molar-refractivity contribution in [3.63, 3.8) is 0 Å². The Kier molecular flexibility index (Phi) is 7.70. The van der Waals surface area contributed by atoms with E-state index in [-0.39, 0.29) is 30.5 Å². The monoisotopic (exact) mass is 463 g/mol. The van der Waals surface area contributed by atoms with Gasteiger partial charge in [0.25, 0.3) is 5.91 Å². The number of nitrogens with zero attached hydrogens (tertiary/aromatic N) is 2. The lowest BCUT2D eigenvalue weighted by molar-refractivity contribution is -0.137. The number of carbonyl (C=O) groups is 3. The highest BCUT2D eigenvalue weighted by atomic mass is 19.4. The molecule has 2 aromatic carbocycles. The largest absolute Gasteiger partial charge is 0.484 e. The van der Waals surface area contributed by atoms with Crippen LogP contribution in [-0.4, -0.2) is 66.7 Å². The number of rotatable bonds is 7. The van der Waals surface area contributed by atoms with Crippen molar-refractivity contribution >= 4 is 23.3 Å². The molecule has 1 heterocycles. The van der Waals surface area contributed by atoms with Crippen LogP contribution in [-0.2, 0) is 15.8 Å². The number of anilines is 1. The van der Waals surface area contributed by atoms with Crippen LogP contribution < -0.4 is 10.1 Å². The fourth-order valence-corrected chi connectivity index (χ4v) is 3.43. The SMILES string of the molecule is CC(=O)c1cccc(OCC(=O)N2CCN(CC(=O)Nc3ccccc3C(F)(F)F)CC2)c1. The third-order valence-corrected chi connectivity index (χ3v) is 5.20. The van der Waals surface area contributed by atoms with Gasteiger partial charge in [-0.2, -0.15) is 13.2 Å². The smallest absolute Gasteiger partial charge is 0.418 e. The highest BCUT2D eigenvalue weighted by Crippen LogP contribution is 2.34. The van der Waals surface area contributed by atoms with Crippen LogP contribution in [0.2, 0.25) is 0 Å². The van der Waals surface area contributed by atoms with Crippen LogP contribution in [0, 0.1) is 0 Å². The molecule has 176 valence electrons. The zero-order chi connectivity index (χ0) is 24.0. The summed E-state index contributed by atoms with van der Waals surface area (Å²) >= 11 is 0. The molecule has 2 aromatic rings. The van der Waals surface area contributed by atoms with Gasteiger partial charge >= 0.3 is 6.18 Å². The Bertz CT molecular complexity index is 1020. The molecule has 1 aliphatic rings. The van der Waals surface area contributed by atoms with Gasteiger partial charge in [0.15, 0.2) is 12.4 Å². The molecule has 0 aliphatic carbocycles. The highest BCUT2D eigenvalue weighted by Gasteiger charge is 2.33. The van der Waals surface area contributed by atoms with E-state index in [4.69, 9.17) is 4.74 Å². The number of halogens is 3. The van der Waals surface area contributed by atoms with E-state index in [0.717, 1.165) is 6.07 Å². The van der Waals surface area contributed by atoms with Gasteiger partial charge in [0.1, 0.15) is 5.75 Å². The molecule has 0 radical (unpaired) electrons. The first-order valence-corrected chi connectivity index (χ1v) is 10.3. The molecule has 0 aromatic heterocycles. The molecule has 0 unspecified atom stereocenters. The number of ether oxygens (including phenoxy) is 1. The third kappa shape index (κ3) is 6.79. The number of hydrogen-bond acceptors (Lipinski definition) is 5. The van der Waals surface area contributed by atoms with Gasteiger partial charge in [-0.3, -0.25) is 19.3 Å². The first kappa shape index (κ1) is 24.2. The second-order valence-electron chi connectivity index (χ2n) is 7.62. The Hall–Kier alpha value is -3.40. The van der Waals surface area contributed by atoms with Gasteiger partial charge in [0, 0.05) is 31.7 Å². The molecule has 0 bridgehead atoms. The molecular formula is C23H24F3N3O4. The summed E-state index contributed by atoms with van der Waals surface area (Å²) in [6.07, 6.45) is -4.56. The summed E-state index contributed by atoms with van der Waals surface area (Å²) in [4.78, 5) is 39.5. The molecule has 3 rings (SSSR count). The molecule has 1 fully saturated rings. The number of para-hydroxylation sites is 1. The van der Waals surface area contributed by atoms with E-state index in [9.17, 15) is 27.6 Å². The Labute approximate surface area is 189 Å². The lowest BCUT2D eigenvalue weighted by atomic mass is 10.1. The molecule has 2 amide bonds. The summed E-state index contributed by atoms with van der Waals surface area (Å²) < 4.78 is 44.7. The maximum Gasteiger partial charge on any atom is 0.418 e. The van der Waals surface area contributed by atoms with Crippen molar-refractivity contribution in [1.29, 1.82) is 0 Å². The van der Waals surface area contributed by atoms with Gasteiger partial charge < -0.3 is 15.0 Å². The molecule has 0 atom stereocenters. The minimum atomic E-state index is -4.56. The number of alkyl halides is 3. The number of piperazine rings is 1. The molecular weight excluding hydrogens is 439 g/mol. The van der Waals surface area contributed by atoms with E-state index in [1.807, 2.05) is 0 Å². The average molecular weight is 463 g/mol. The standard InChI is InChI=1S/C23H24F3N3O4/c1-16(30)17-5-4-6-18(13-17)33-15-22(32)29-11-9-28(10-12-29)14-21(31)27-20-8-3-2-7-19(20)23(24,25)26/h2-8,13H,9-12,14-15H2,1H3,(H,27,31). The van der Waals surface area contributed by atoms with Crippen molar-refractivity contribution in [2.45, 2.75) is 13.1 Å². The molecule has 10 heteroatoms. The molecule has 1 N–H and O–H groups in total. The summed E-state index contributed by atoms with van der Waals surface area (Å²) in [5, 5.41) is 2.32. The van der Waals surface area contributed by atoms with E-state index < -0.39 is 17.6 Å². The van der Waals surface area contributed by atoms with Crippen molar-refractivity contribution in [3.05, 3.63) is 59.7 Å². The number of nitrogens with one attached hydrogen (secondary N) is 1. The zero-order valence-electron chi connectivity index (χ0n) is 18.0. The zero-order valence-corrected chi connectivity index (χ0v) is 18.0. The van der Waals surface area contributed by atoms with Crippen LogP contribution in [0.5, 0.6) is 5.75 Å². The third-order valence-electron chi connectivity index (χ3n) is 5.20. The van der Waals surface area contributed by atoms with Gasteiger partial charge in [-0.05, 0) is 31.2 Å². The number of amides is 2. The maximum atomic E-state index is 13.1. The summed E-state index contributed by atoms with van der Waals surface area (Å²) in [7, 11) is 0. The van der Waals surface area contributed by atoms with E-state index in [2.05, 4.69) is 5.32 Å². The average Bonchev–Trinajstić information content (AvgIpc) is 2.77. The lowest BCUT2D eigenvalue weighted by Gasteiger charge is -2.34. The topological polar surface area (TPSA) is 79.0 Å².